The number of benzene rings is 1. The lowest BCUT2D eigenvalue weighted by atomic mass is 10.1. The Morgan fingerprint density at radius 3 is 2.83 bits per heavy atom. The maximum Gasteiger partial charge on any atom is 0.158 e. The average Bonchev–Trinajstić information content (AvgIpc) is 3.14. The summed E-state index contributed by atoms with van der Waals surface area (Å²) in [6, 6.07) is 11.5. The number of hydrogen-bond donors (Lipinski definition) is 1. The number of fused-ring (bicyclic) bond motifs is 1. The molecule has 1 aliphatic rings. The van der Waals surface area contributed by atoms with Crippen LogP contribution in [0.25, 0.3) is 22.2 Å². The normalized spacial score (nSPS) is 17.3. The monoisotopic (exact) mass is 340 g/mol. The number of aromatic nitrogens is 3. The van der Waals surface area contributed by atoms with Crippen LogP contribution in [0.15, 0.2) is 42.6 Å². The molecule has 0 radical (unpaired) electrons. The molecule has 3 heterocycles. The van der Waals surface area contributed by atoms with Gasteiger partial charge < -0.3 is 10.1 Å². The van der Waals surface area contributed by atoms with Gasteiger partial charge in [0.2, 0.25) is 0 Å². The van der Waals surface area contributed by atoms with Crippen LogP contribution in [0.4, 0.5) is 5.82 Å². The van der Waals surface area contributed by atoms with Crippen molar-refractivity contribution in [2.24, 2.45) is 0 Å². The largest absolute Gasteiger partial charge is 0.376 e. The Morgan fingerprint density at radius 1 is 1.17 bits per heavy atom. The third-order valence-corrected chi connectivity index (χ3v) is 4.43. The summed E-state index contributed by atoms with van der Waals surface area (Å²) in [7, 11) is 0. The van der Waals surface area contributed by atoms with Gasteiger partial charge in [0, 0.05) is 35.3 Å². The summed E-state index contributed by atoms with van der Waals surface area (Å²) in [5, 5.41) is 13.8. The highest BCUT2D eigenvalue weighted by atomic mass is 35.5. The van der Waals surface area contributed by atoms with E-state index in [2.05, 4.69) is 20.5 Å². The number of anilines is 1. The summed E-state index contributed by atoms with van der Waals surface area (Å²) in [6.45, 7) is 1.58. The first-order valence-corrected chi connectivity index (χ1v) is 8.42. The van der Waals surface area contributed by atoms with Crippen LogP contribution in [-0.4, -0.2) is 34.4 Å². The van der Waals surface area contributed by atoms with Gasteiger partial charge in [-0.05, 0) is 37.1 Å². The first kappa shape index (κ1) is 15.3. The van der Waals surface area contributed by atoms with E-state index >= 15 is 0 Å². The lowest BCUT2D eigenvalue weighted by Crippen LogP contribution is -2.19. The van der Waals surface area contributed by atoms with E-state index in [4.69, 9.17) is 16.3 Å². The second kappa shape index (κ2) is 6.71. The van der Waals surface area contributed by atoms with Gasteiger partial charge in [-0.1, -0.05) is 23.7 Å². The summed E-state index contributed by atoms with van der Waals surface area (Å²) in [4.78, 5) is 4.51. The first-order valence-electron chi connectivity index (χ1n) is 8.04. The summed E-state index contributed by atoms with van der Waals surface area (Å²) < 4.78 is 5.65. The number of rotatable bonds is 4. The number of hydrogen-bond acceptors (Lipinski definition) is 5. The van der Waals surface area contributed by atoms with Crippen LogP contribution in [0, 0.1) is 0 Å². The van der Waals surface area contributed by atoms with Crippen LogP contribution < -0.4 is 5.32 Å². The van der Waals surface area contributed by atoms with Crippen molar-refractivity contribution in [3.63, 3.8) is 0 Å². The summed E-state index contributed by atoms with van der Waals surface area (Å²) >= 11 is 5.97. The van der Waals surface area contributed by atoms with Gasteiger partial charge in [-0.15, -0.1) is 10.2 Å². The molecule has 122 valence electrons. The lowest BCUT2D eigenvalue weighted by molar-refractivity contribution is 0.120. The fourth-order valence-corrected chi connectivity index (χ4v) is 3.06. The number of pyridine rings is 1. The van der Waals surface area contributed by atoms with Gasteiger partial charge in [0.25, 0.3) is 0 Å². The van der Waals surface area contributed by atoms with Crippen molar-refractivity contribution in [3.8, 4) is 11.3 Å². The molecule has 0 spiro atoms. The van der Waals surface area contributed by atoms with E-state index in [1.165, 1.54) is 0 Å². The summed E-state index contributed by atoms with van der Waals surface area (Å²) in [5.74, 6) is 0.742. The van der Waals surface area contributed by atoms with Crippen molar-refractivity contribution in [1.82, 2.24) is 15.2 Å². The minimum atomic E-state index is 0.245. The predicted molar refractivity (Wildman–Crippen MR) is 95.2 cm³/mol. The third kappa shape index (κ3) is 3.05. The molecule has 6 heteroatoms. The standard InChI is InChI=1S/C18H17ClN4O/c19-13-7-5-12(6-8-13)16-17-15(4-1-9-20-17)18(23-22-16)21-11-14-3-2-10-24-14/h1,4-9,14H,2-3,10-11H2,(H,21,23). The second-order valence-corrected chi connectivity index (χ2v) is 6.26. The molecule has 1 saturated heterocycles. The lowest BCUT2D eigenvalue weighted by Gasteiger charge is -2.13. The molecular formula is C18H17ClN4O. The van der Waals surface area contributed by atoms with E-state index in [-0.39, 0.29) is 6.10 Å². The Morgan fingerprint density at radius 2 is 2.04 bits per heavy atom. The van der Waals surface area contributed by atoms with Gasteiger partial charge in [-0.25, -0.2) is 0 Å². The molecule has 4 rings (SSSR count). The Bertz CT molecular complexity index is 847. The summed E-state index contributed by atoms with van der Waals surface area (Å²) in [5.41, 5.74) is 2.52. The van der Waals surface area contributed by atoms with E-state index in [1.807, 2.05) is 36.4 Å². The van der Waals surface area contributed by atoms with Crippen molar-refractivity contribution < 1.29 is 4.74 Å². The van der Waals surface area contributed by atoms with Gasteiger partial charge in [-0.3, -0.25) is 4.98 Å². The Hall–Kier alpha value is -2.24. The second-order valence-electron chi connectivity index (χ2n) is 5.82. The molecule has 1 N–H and O–H groups in total. The van der Waals surface area contributed by atoms with Crippen molar-refractivity contribution >= 4 is 28.3 Å². The highest BCUT2D eigenvalue weighted by molar-refractivity contribution is 6.30. The van der Waals surface area contributed by atoms with E-state index < -0.39 is 0 Å². The van der Waals surface area contributed by atoms with E-state index in [0.29, 0.717) is 5.02 Å². The molecule has 0 saturated carbocycles. The van der Waals surface area contributed by atoms with Crippen molar-refractivity contribution in [1.29, 1.82) is 0 Å². The Balaban J connectivity index is 1.70. The molecule has 1 aliphatic heterocycles. The Kier molecular flexibility index (Phi) is 4.28. The first-order chi connectivity index (χ1) is 11.8. The van der Waals surface area contributed by atoms with E-state index in [0.717, 1.165) is 54.0 Å². The zero-order valence-corrected chi connectivity index (χ0v) is 13.8. The fourth-order valence-electron chi connectivity index (χ4n) is 2.93. The SMILES string of the molecule is Clc1ccc(-c2nnc(NCC3CCCO3)c3cccnc23)cc1. The highest BCUT2D eigenvalue weighted by Crippen LogP contribution is 2.29. The quantitative estimate of drug-likeness (QED) is 0.779. The summed E-state index contributed by atoms with van der Waals surface area (Å²) in [6.07, 6.45) is 4.22. The van der Waals surface area contributed by atoms with E-state index in [1.54, 1.807) is 6.20 Å². The maximum atomic E-state index is 5.97. The molecular weight excluding hydrogens is 324 g/mol. The van der Waals surface area contributed by atoms with Crippen molar-refractivity contribution in [2.75, 3.05) is 18.5 Å². The highest BCUT2D eigenvalue weighted by Gasteiger charge is 2.17. The van der Waals surface area contributed by atoms with Crippen LogP contribution in [0.1, 0.15) is 12.8 Å². The van der Waals surface area contributed by atoms with Crippen LogP contribution >= 0.6 is 11.6 Å². The van der Waals surface area contributed by atoms with Crippen molar-refractivity contribution in [2.45, 2.75) is 18.9 Å². The number of nitrogens with zero attached hydrogens (tertiary/aromatic N) is 3. The van der Waals surface area contributed by atoms with Gasteiger partial charge in [-0.2, -0.15) is 0 Å². The number of halogens is 1. The van der Waals surface area contributed by atoms with Gasteiger partial charge in [0.15, 0.2) is 5.82 Å². The molecule has 1 aromatic carbocycles. The zero-order chi connectivity index (χ0) is 16.4. The smallest absolute Gasteiger partial charge is 0.158 e. The molecule has 3 aromatic rings. The van der Waals surface area contributed by atoms with Crippen LogP contribution in [0.3, 0.4) is 0 Å². The minimum Gasteiger partial charge on any atom is -0.376 e. The van der Waals surface area contributed by atoms with Crippen LogP contribution in [0.2, 0.25) is 5.02 Å². The van der Waals surface area contributed by atoms with Gasteiger partial charge in [0.1, 0.15) is 11.2 Å². The van der Waals surface area contributed by atoms with Crippen molar-refractivity contribution in [3.05, 3.63) is 47.6 Å². The average molecular weight is 341 g/mol. The molecule has 0 bridgehead atoms. The molecule has 0 aliphatic carbocycles. The number of ether oxygens (including phenoxy) is 1. The molecule has 0 amide bonds. The van der Waals surface area contributed by atoms with Crippen LogP contribution in [0.5, 0.6) is 0 Å². The molecule has 5 nitrogen and oxygen atoms in total. The van der Waals surface area contributed by atoms with Gasteiger partial charge in [0.05, 0.1) is 6.10 Å². The fraction of sp³-hybridized carbons (Fsp3) is 0.278. The maximum absolute atomic E-state index is 5.97. The zero-order valence-electron chi connectivity index (χ0n) is 13.1. The van der Waals surface area contributed by atoms with Gasteiger partial charge >= 0.3 is 0 Å². The molecule has 2 aromatic heterocycles. The molecule has 24 heavy (non-hydrogen) atoms. The number of nitrogens with one attached hydrogen (secondary N) is 1. The van der Waals surface area contributed by atoms with E-state index in [9.17, 15) is 0 Å². The Labute approximate surface area is 145 Å². The minimum absolute atomic E-state index is 0.245. The third-order valence-electron chi connectivity index (χ3n) is 4.18. The topological polar surface area (TPSA) is 59.9 Å². The molecule has 1 unspecified atom stereocenters. The predicted octanol–water partition coefficient (Wildman–Crippen LogP) is 3.94. The van der Waals surface area contributed by atoms with Crippen LogP contribution in [-0.2, 0) is 4.74 Å². The molecule has 1 atom stereocenters. The molecule has 1 fully saturated rings.